The molecule has 3 aromatic carbocycles. The molecular weight excluding hydrogens is 480 g/mol. The van der Waals surface area contributed by atoms with Crippen molar-refractivity contribution in [1.82, 2.24) is 4.83 Å². The van der Waals surface area contributed by atoms with Gasteiger partial charge >= 0.3 is 10.1 Å². The molecule has 0 amide bonds. The number of rotatable bonds is 10. The van der Waals surface area contributed by atoms with Gasteiger partial charge in [-0.05, 0) is 74.0 Å². The molecule has 34 heavy (non-hydrogen) atoms. The van der Waals surface area contributed by atoms with Crippen LogP contribution in [-0.4, -0.2) is 36.8 Å². The fourth-order valence-corrected chi connectivity index (χ4v) is 4.52. The summed E-state index contributed by atoms with van der Waals surface area (Å²) in [5.41, 5.74) is 1.39. The molecule has 0 bridgehead atoms. The van der Waals surface area contributed by atoms with E-state index in [9.17, 15) is 16.8 Å². The van der Waals surface area contributed by atoms with Gasteiger partial charge in [-0.1, -0.05) is 17.7 Å². The van der Waals surface area contributed by atoms with Crippen LogP contribution in [0.2, 0.25) is 0 Å². The predicted molar refractivity (Wildman–Crippen MR) is 128 cm³/mol. The average Bonchev–Trinajstić information content (AvgIpc) is 2.81. The summed E-state index contributed by atoms with van der Waals surface area (Å²) < 4.78 is 65.8. The molecule has 0 heterocycles. The SMILES string of the molecule is CCOc1cc(/C=N\NS(=O)(=O)c2ccc(C)cc2)ccc1OS(=O)(=O)c1ccc(OC)cc1. The molecule has 0 aliphatic rings. The number of methoxy groups -OCH3 is 1. The summed E-state index contributed by atoms with van der Waals surface area (Å²) >= 11 is 0. The van der Waals surface area contributed by atoms with Gasteiger partial charge in [0.1, 0.15) is 10.6 Å². The summed E-state index contributed by atoms with van der Waals surface area (Å²) in [5, 5.41) is 3.79. The van der Waals surface area contributed by atoms with Crippen molar-refractivity contribution >= 4 is 26.4 Å². The lowest BCUT2D eigenvalue weighted by Crippen LogP contribution is -2.18. The summed E-state index contributed by atoms with van der Waals surface area (Å²) in [6.07, 6.45) is 1.27. The molecule has 0 saturated heterocycles. The normalized spacial score (nSPS) is 11.9. The first-order valence-corrected chi connectivity index (χ1v) is 13.0. The zero-order valence-electron chi connectivity index (χ0n) is 18.8. The maximum atomic E-state index is 12.7. The van der Waals surface area contributed by atoms with E-state index in [-0.39, 0.29) is 27.9 Å². The summed E-state index contributed by atoms with van der Waals surface area (Å²) in [5.74, 6) is 0.649. The van der Waals surface area contributed by atoms with Gasteiger partial charge in [0.15, 0.2) is 11.5 Å². The first-order chi connectivity index (χ1) is 16.1. The van der Waals surface area contributed by atoms with Crippen LogP contribution in [0.1, 0.15) is 18.1 Å². The molecule has 9 nitrogen and oxygen atoms in total. The third-order valence-corrected chi connectivity index (χ3v) is 7.02. The van der Waals surface area contributed by atoms with E-state index in [0.717, 1.165) is 5.56 Å². The second kappa shape index (κ2) is 10.6. The Kier molecular flexibility index (Phi) is 7.79. The number of hydrogen-bond donors (Lipinski definition) is 1. The van der Waals surface area contributed by atoms with Crippen LogP contribution < -0.4 is 18.5 Å². The molecule has 0 spiro atoms. The number of nitrogens with zero attached hydrogens (tertiary/aromatic N) is 1. The van der Waals surface area contributed by atoms with Gasteiger partial charge < -0.3 is 13.7 Å². The maximum absolute atomic E-state index is 12.7. The van der Waals surface area contributed by atoms with Gasteiger partial charge in [0, 0.05) is 0 Å². The molecule has 1 N–H and O–H groups in total. The van der Waals surface area contributed by atoms with Crippen molar-refractivity contribution in [3.05, 3.63) is 77.9 Å². The van der Waals surface area contributed by atoms with Gasteiger partial charge in [-0.25, -0.2) is 4.83 Å². The highest BCUT2D eigenvalue weighted by atomic mass is 32.2. The van der Waals surface area contributed by atoms with Crippen molar-refractivity contribution in [2.24, 2.45) is 5.10 Å². The Morgan fingerprint density at radius 3 is 2.15 bits per heavy atom. The van der Waals surface area contributed by atoms with E-state index < -0.39 is 20.1 Å². The van der Waals surface area contributed by atoms with E-state index in [0.29, 0.717) is 11.3 Å². The lowest BCUT2D eigenvalue weighted by atomic mass is 10.2. The van der Waals surface area contributed by atoms with E-state index in [1.54, 1.807) is 19.1 Å². The fraction of sp³-hybridized carbons (Fsp3) is 0.174. The lowest BCUT2D eigenvalue weighted by molar-refractivity contribution is 0.327. The van der Waals surface area contributed by atoms with Crippen LogP contribution in [-0.2, 0) is 20.1 Å². The van der Waals surface area contributed by atoms with Gasteiger partial charge in [-0.2, -0.15) is 21.9 Å². The van der Waals surface area contributed by atoms with Crippen molar-refractivity contribution in [2.75, 3.05) is 13.7 Å². The number of ether oxygens (including phenoxy) is 2. The number of benzene rings is 3. The van der Waals surface area contributed by atoms with E-state index in [2.05, 4.69) is 9.93 Å². The van der Waals surface area contributed by atoms with Crippen molar-refractivity contribution < 1.29 is 30.5 Å². The highest BCUT2D eigenvalue weighted by Crippen LogP contribution is 2.31. The number of aryl methyl sites for hydroxylation is 1. The van der Waals surface area contributed by atoms with Crippen molar-refractivity contribution in [3.8, 4) is 17.2 Å². The Bertz CT molecular complexity index is 1370. The predicted octanol–water partition coefficient (Wildman–Crippen LogP) is 3.48. The number of hydrogen-bond acceptors (Lipinski definition) is 8. The van der Waals surface area contributed by atoms with Crippen LogP contribution in [0.5, 0.6) is 17.2 Å². The molecule has 0 fully saturated rings. The van der Waals surface area contributed by atoms with Gasteiger partial charge in [0.25, 0.3) is 10.0 Å². The van der Waals surface area contributed by atoms with Gasteiger partial charge in [-0.3, -0.25) is 0 Å². The Labute approximate surface area is 199 Å². The molecule has 180 valence electrons. The Hall–Kier alpha value is -3.57. The van der Waals surface area contributed by atoms with Crippen molar-refractivity contribution in [1.29, 1.82) is 0 Å². The summed E-state index contributed by atoms with van der Waals surface area (Å²) in [4.78, 5) is 2.17. The highest BCUT2D eigenvalue weighted by Gasteiger charge is 2.20. The zero-order chi connectivity index (χ0) is 24.8. The molecule has 11 heteroatoms. The van der Waals surface area contributed by atoms with Crippen LogP contribution in [0, 0.1) is 6.92 Å². The number of hydrazone groups is 1. The molecule has 0 aromatic heterocycles. The molecule has 0 saturated carbocycles. The standard InChI is InChI=1S/C23H24N2O7S2/c1-4-31-23-15-18(16-24-25-33(26,27)20-10-5-17(2)6-11-20)7-14-22(23)32-34(28,29)21-12-8-19(30-3)9-13-21/h5-16,25H,4H2,1-3H3/b24-16-. The highest BCUT2D eigenvalue weighted by molar-refractivity contribution is 7.89. The minimum atomic E-state index is -4.12. The molecule has 3 rings (SSSR count). The minimum absolute atomic E-state index is 0.0185. The molecule has 0 unspecified atom stereocenters. The Morgan fingerprint density at radius 1 is 0.882 bits per heavy atom. The summed E-state index contributed by atoms with van der Waals surface area (Å²) in [7, 11) is -6.47. The quantitative estimate of drug-likeness (QED) is 0.255. The van der Waals surface area contributed by atoms with Crippen LogP contribution in [0.4, 0.5) is 0 Å². The van der Waals surface area contributed by atoms with Crippen LogP contribution in [0.25, 0.3) is 0 Å². The third kappa shape index (κ3) is 6.27. The molecule has 0 radical (unpaired) electrons. The van der Waals surface area contributed by atoms with Gasteiger partial charge in [-0.15, -0.1) is 0 Å². The van der Waals surface area contributed by atoms with E-state index in [1.807, 2.05) is 6.92 Å². The average molecular weight is 505 g/mol. The molecule has 0 aliphatic carbocycles. The first-order valence-electron chi connectivity index (χ1n) is 10.1. The van der Waals surface area contributed by atoms with Crippen LogP contribution >= 0.6 is 0 Å². The minimum Gasteiger partial charge on any atom is -0.497 e. The number of sulfonamides is 1. The zero-order valence-corrected chi connectivity index (χ0v) is 20.4. The second-order valence-electron chi connectivity index (χ2n) is 7.02. The van der Waals surface area contributed by atoms with Crippen LogP contribution in [0.15, 0.2) is 81.6 Å². The third-order valence-electron chi connectivity index (χ3n) is 4.53. The molecule has 0 atom stereocenters. The smallest absolute Gasteiger partial charge is 0.339 e. The monoisotopic (exact) mass is 504 g/mol. The molecular formula is C23H24N2O7S2. The summed E-state index contributed by atoms with van der Waals surface area (Å²) in [6, 6.07) is 16.5. The van der Waals surface area contributed by atoms with Crippen molar-refractivity contribution in [2.45, 2.75) is 23.6 Å². The second-order valence-corrected chi connectivity index (χ2v) is 10.2. The number of nitrogens with one attached hydrogen (secondary N) is 1. The van der Waals surface area contributed by atoms with Crippen LogP contribution in [0.3, 0.4) is 0 Å². The fourth-order valence-electron chi connectivity index (χ4n) is 2.79. The van der Waals surface area contributed by atoms with Crippen molar-refractivity contribution in [3.63, 3.8) is 0 Å². The Morgan fingerprint density at radius 2 is 1.53 bits per heavy atom. The molecule has 3 aromatic rings. The lowest BCUT2D eigenvalue weighted by Gasteiger charge is -2.12. The summed E-state index contributed by atoms with van der Waals surface area (Å²) in [6.45, 7) is 3.84. The maximum Gasteiger partial charge on any atom is 0.339 e. The van der Waals surface area contributed by atoms with E-state index in [4.69, 9.17) is 13.7 Å². The largest absolute Gasteiger partial charge is 0.497 e. The first kappa shape index (κ1) is 25.1. The topological polar surface area (TPSA) is 120 Å². The van der Waals surface area contributed by atoms with Gasteiger partial charge in [0.2, 0.25) is 0 Å². The molecule has 0 aliphatic heterocycles. The van der Waals surface area contributed by atoms with E-state index in [1.165, 1.54) is 67.9 Å². The van der Waals surface area contributed by atoms with Gasteiger partial charge in [0.05, 0.1) is 24.8 Å². The van der Waals surface area contributed by atoms with E-state index >= 15 is 0 Å². The Balaban J connectivity index is 1.78.